The summed E-state index contributed by atoms with van der Waals surface area (Å²) in [5.41, 5.74) is 1.68. The van der Waals surface area contributed by atoms with E-state index in [1.54, 1.807) is 0 Å². The van der Waals surface area contributed by atoms with Crippen LogP contribution in [0, 0.1) is 0 Å². The fourth-order valence-corrected chi connectivity index (χ4v) is 2.85. The number of aromatic nitrogens is 1. The van der Waals surface area contributed by atoms with Gasteiger partial charge in [0, 0.05) is 24.8 Å². The highest BCUT2D eigenvalue weighted by molar-refractivity contribution is 5.85. The van der Waals surface area contributed by atoms with Crippen molar-refractivity contribution in [2.24, 2.45) is 0 Å². The van der Waals surface area contributed by atoms with Crippen molar-refractivity contribution in [3.05, 3.63) is 24.5 Å². The highest BCUT2D eigenvalue weighted by Gasteiger charge is 2.39. The molecule has 0 saturated carbocycles. The number of nitrogens with zero attached hydrogens (tertiary/aromatic N) is 2. The molecule has 2 aliphatic heterocycles. The third-order valence-corrected chi connectivity index (χ3v) is 3.70. The minimum atomic E-state index is 0. The van der Waals surface area contributed by atoms with Crippen molar-refractivity contribution >= 4 is 18.1 Å². The number of rotatable bonds is 1. The standard InChI is InChI=1S/C12H17N3.ClH/c1-3-11(9-13-6-1)15-8-5-12(10-15)4-2-7-14-12;/h1,3,6,9,14H,2,4-5,7-8,10H2;1H/t12-;/m1./s1. The SMILES string of the molecule is Cl.c1cncc(N2CC[C@]3(CCCN3)C2)c1. The van der Waals surface area contributed by atoms with Crippen LogP contribution in [0.4, 0.5) is 5.69 Å². The second-order valence-corrected chi connectivity index (χ2v) is 4.69. The minimum absolute atomic E-state index is 0. The number of nitrogens with one attached hydrogen (secondary N) is 1. The van der Waals surface area contributed by atoms with Gasteiger partial charge in [-0.25, -0.2) is 0 Å². The lowest BCUT2D eigenvalue weighted by Crippen LogP contribution is -2.42. The van der Waals surface area contributed by atoms with E-state index in [1.165, 1.54) is 38.0 Å². The second-order valence-electron chi connectivity index (χ2n) is 4.69. The van der Waals surface area contributed by atoms with Crippen LogP contribution in [-0.4, -0.2) is 30.2 Å². The van der Waals surface area contributed by atoms with E-state index in [-0.39, 0.29) is 12.4 Å². The van der Waals surface area contributed by atoms with Gasteiger partial charge >= 0.3 is 0 Å². The topological polar surface area (TPSA) is 28.2 Å². The monoisotopic (exact) mass is 239 g/mol. The summed E-state index contributed by atoms with van der Waals surface area (Å²) in [6.07, 6.45) is 7.75. The Morgan fingerprint density at radius 1 is 1.38 bits per heavy atom. The fourth-order valence-electron chi connectivity index (χ4n) is 2.85. The van der Waals surface area contributed by atoms with Gasteiger partial charge in [-0.05, 0) is 37.9 Å². The van der Waals surface area contributed by atoms with Crippen LogP contribution >= 0.6 is 12.4 Å². The van der Waals surface area contributed by atoms with Gasteiger partial charge < -0.3 is 10.2 Å². The van der Waals surface area contributed by atoms with Crippen LogP contribution in [0.1, 0.15) is 19.3 Å². The van der Waals surface area contributed by atoms with Gasteiger partial charge in [-0.2, -0.15) is 0 Å². The minimum Gasteiger partial charge on any atom is -0.368 e. The lowest BCUT2D eigenvalue weighted by molar-refractivity contribution is 0.419. The van der Waals surface area contributed by atoms with Crippen molar-refractivity contribution in [3.63, 3.8) is 0 Å². The molecular formula is C12H18ClN3. The lowest BCUT2D eigenvalue weighted by atomic mass is 9.97. The predicted molar refractivity (Wildman–Crippen MR) is 68.3 cm³/mol. The molecule has 1 spiro atoms. The Kier molecular flexibility index (Phi) is 3.36. The molecule has 1 atom stereocenters. The lowest BCUT2D eigenvalue weighted by Gasteiger charge is -2.25. The first-order valence-corrected chi connectivity index (χ1v) is 5.78. The van der Waals surface area contributed by atoms with Crippen molar-refractivity contribution in [1.29, 1.82) is 0 Å². The number of pyridine rings is 1. The molecule has 0 radical (unpaired) electrons. The molecular weight excluding hydrogens is 222 g/mol. The molecule has 2 fully saturated rings. The van der Waals surface area contributed by atoms with E-state index in [9.17, 15) is 0 Å². The molecule has 88 valence electrons. The Bertz CT molecular complexity index is 335. The first kappa shape index (κ1) is 11.7. The van der Waals surface area contributed by atoms with E-state index in [1.807, 2.05) is 18.5 Å². The molecule has 2 aliphatic rings. The zero-order valence-corrected chi connectivity index (χ0v) is 10.2. The molecule has 4 heteroatoms. The molecule has 0 amide bonds. The maximum atomic E-state index is 4.18. The number of halogens is 1. The molecule has 3 heterocycles. The molecule has 2 saturated heterocycles. The summed E-state index contributed by atoms with van der Waals surface area (Å²) in [5, 5.41) is 3.67. The Hall–Kier alpha value is -0.800. The van der Waals surface area contributed by atoms with Crippen molar-refractivity contribution in [2.45, 2.75) is 24.8 Å². The highest BCUT2D eigenvalue weighted by Crippen LogP contribution is 2.32. The van der Waals surface area contributed by atoms with E-state index < -0.39 is 0 Å². The maximum Gasteiger partial charge on any atom is 0.0553 e. The fraction of sp³-hybridized carbons (Fsp3) is 0.583. The molecule has 1 aromatic rings. The highest BCUT2D eigenvalue weighted by atomic mass is 35.5. The van der Waals surface area contributed by atoms with E-state index in [0.717, 1.165) is 6.54 Å². The molecule has 1 aromatic heterocycles. The van der Waals surface area contributed by atoms with Gasteiger partial charge in [0.05, 0.1) is 11.9 Å². The average molecular weight is 240 g/mol. The largest absolute Gasteiger partial charge is 0.368 e. The first-order valence-electron chi connectivity index (χ1n) is 5.78. The second kappa shape index (κ2) is 4.60. The summed E-state index contributed by atoms with van der Waals surface area (Å²) >= 11 is 0. The molecule has 1 N–H and O–H groups in total. The van der Waals surface area contributed by atoms with Gasteiger partial charge in [0.1, 0.15) is 0 Å². The summed E-state index contributed by atoms with van der Waals surface area (Å²) in [7, 11) is 0. The quantitative estimate of drug-likeness (QED) is 0.811. The van der Waals surface area contributed by atoms with Crippen LogP contribution in [0.3, 0.4) is 0 Å². The molecule has 3 nitrogen and oxygen atoms in total. The van der Waals surface area contributed by atoms with Gasteiger partial charge in [0.15, 0.2) is 0 Å². The van der Waals surface area contributed by atoms with Crippen molar-refractivity contribution in [3.8, 4) is 0 Å². The van der Waals surface area contributed by atoms with Gasteiger partial charge in [0.25, 0.3) is 0 Å². The number of hydrogen-bond donors (Lipinski definition) is 1. The van der Waals surface area contributed by atoms with Crippen LogP contribution in [0.15, 0.2) is 24.5 Å². The normalized spacial score (nSPS) is 28.4. The summed E-state index contributed by atoms with van der Waals surface area (Å²) in [5.74, 6) is 0. The maximum absolute atomic E-state index is 4.18. The summed E-state index contributed by atoms with van der Waals surface area (Å²) < 4.78 is 0. The summed E-state index contributed by atoms with van der Waals surface area (Å²) in [6, 6.07) is 4.17. The van der Waals surface area contributed by atoms with E-state index in [2.05, 4.69) is 21.3 Å². The van der Waals surface area contributed by atoms with Gasteiger partial charge in [-0.15, -0.1) is 12.4 Å². The summed E-state index contributed by atoms with van der Waals surface area (Å²) in [6.45, 7) is 3.51. The van der Waals surface area contributed by atoms with Crippen LogP contribution in [-0.2, 0) is 0 Å². The number of anilines is 1. The predicted octanol–water partition coefficient (Wildman–Crippen LogP) is 1.84. The molecule has 0 aliphatic carbocycles. The van der Waals surface area contributed by atoms with Crippen molar-refractivity contribution in [2.75, 3.05) is 24.5 Å². The Morgan fingerprint density at radius 2 is 2.31 bits per heavy atom. The van der Waals surface area contributed by atoms with E-state index in [0.29, 0.717) is 5.54 Å². The van der Waals surface area contributed by atoms with E-state index in [4.69, 9.17) is 0 Å². The Balaban J connectivity index is 0.000000963. The molecule has 0 aromatic carbocycles. The molecule has 0 unspecified atom stereocenters. The third-order valence-electron chi connectivity index (χ3n) is 3.70. The average Bonchev–Trinajstić information content (AvgIpc) is 2.91. The zero-order chi connectivity index (χ0) is 10.1. The smallest absolute Gasteiger partial charge is 0.0553 e. The van der Waals surface area contributed by atoms with Crippen molar-refractivity contribution in [1.82, 2.24) is 10.3 Å². The van der Waals surface area contributed by atoms with Crippen LogP contribution in [0.5, 0.6) is 0 Å². The Morgan fingerprint density at radius 3 is 3.00 bits per heavy atom. The van der Waals surface area contributed by atoms with Crippen LogP contribution in [0.2, 0.25) is 0 Å². The Labute approximate surface area is 103 Å². The van der Waals surface area contributed by atoms with Gasteiger partial charge in [-0.1, -0.05) is 0 Å². The van der Waals surface area contributed by atoms with E-state index >= 15 is 0 Å². The van der Waals surface area contributed by atoms with Gasteiger partial charge in [-0.3, -0.25) is 4.98 Å². The van der Waals surface area contributed by atoms with Crippen LogP contribution < -0.4 is 10.2 Å². The first-order chi connectivity index (χ1) is 7.38. The van der Waals surface area contributed by atoms with Crippen LogP contribution in [0.25, 0.3) is 0 Å². The molecule has 16 heavy (non-hydrogen) atoms. The van der Waals surface area contributed by atoms with Gasteiger partial charge in [0.2, 0.25) is 0 Å². The molecule has 0 bridgehead atoms. The third kappa shape index (κ3) is 2.02. The number of hydrogen-bond acceptors (Lipinski definition) is 3. The molecule has 3 rings (SSSR count). The van der Waals surface area contributed by atoms with Crippen molar-refractivity contribution < 1.29 is 0 Å². The zero-order valence-electron chi connectivity index (χ0n) is 9.35. The summed E-state index contributed by atoms with van der Waals surface area (Å²) in [4.78, 5) is 6.63.